The van der Waals surface area contributed by atoms with Gasteiger partial charge < -0.3 is 5.32 Å². The summed E-state index contributed by atoms with van der Waals surface area (Å²) in [6.45, 7) is 6.30. The maximum Gasteiger partial charge on any atom is 0.138 e. The number of hydrogen-bond donors (Lipinski definition) is 1. The molecular weight excluding hydrogens is 176 g/mol. The molecule has 2 atom stereocenters. The van der Waals surface area contributed by atoms with Gasteiger partial charge in [-0.15, -0.1) is 0 Å². The summed E-state index contributed by atoms with van der Waals surface area (Å²) >= 11 is 0. The lowest BCUT2D eigenvalue weighted by Crippen LogP contribution is -2.36. The van der Waals surface area contributed by atoms with E-state index in [1.165, 1.54) is 12.8 Å². The van der Waals surface area contributed by atoms with E-state index in [0.717, 1.165) is 18.9 Å². The van der Waals surface area contributed by atoms with E-state index < -0.39 is 0 Å². The normalized spacial score (nSPS) is 27.9. The van der Waals surface area contributed by atoms with Gasteiger partial charge in [-0.25, -0.2) is 4.98 Å². The van der Waals surface area contributed by atoms with E-state index in [-0.39, 0.29) is 0 Å². The van der Waals surface area contributed by atoms with Gasteiger partial charge in [0.1, 0.15) is 12.2 Å². The molecule has 0 bridgehead atoms. The molecule has 2 rings (SSSR count). The molecule has 1 aromatic heterocycles. The summed E-state index contributed by atoms with van der Waals surface area (Å²) in [5, 5.41) is 7.70. The summed E-state index contributed by atoms with van der Waals surface area (Å²) in [6, 6.07) is 0.657. The maximum atomic E-state index is 4.35. The van der Waals surface area contributed by atoms with E-state index in [0.29, 0.717) is 12.0 Å². The molecule has 0 aliphatic carbocycles. The Morgan fingerprint density at radius 2 is 2.43 bits per heavy atom. The Balaban J connectivity index is 2.08. The molecule has 1 aromatic rings. The van der Waals surface area contributed by atoms with Crippen molar-refractivity contribution in [2.45, 2.75) is 45.2 Å². The number of hydrogen-bond acceptors (Lipinski definition) is 3. The second-order valence-electron chi connectivity index (χ2n) is 4.02. The van der Waals surface area contributed by atoms with Crippen molar-refractivity contribution < 1.29 is 0 Å². The molecule has 1 fully saturated rings. The van der Waals surface area contributed by atoms with Gasteiger partial charge in [-0.1, -0.05) is 0 Å². The second-order valence-corrected chi connectivity index (χ2v) is 4.02. The summed E-state index contributed by atoms with van der Waals surface area (Å²) in [4.78, 5) is 4.35. The van der Waals surface area contributed by atoms with Crippen molar-refractivity contribution in [2.75, 3.05) is 6.54 Å². The summed E-state index contributed by atoms with van der Waals surface area (Å²) < 4.78 is 2.00. The average Bonchev–Trinajstić information content (AvgIpc) is 2.67. The third-order valence-electron chi connectivity index (χ3n) is 2.97. The fourth-order valence-electron chi connectivity index (χ4n) is 2.05. The standard InChI is InChI=1S/C10H18N4/c1-3-14-10(12-7-13-14)9-5-4-8(2)11-6-9/h7-9,11H,3-6H2,1-2H3. The van der Waals surface area contributed by atoms with Gasteiger partial charge in [0.05, 0.1) is 0 Å². The minimum Gasteiger partial charge on any atom is -0.314 e. The Morgan fingerprint density at radius 3 is 3.07 bits per heavy atom. The molecule has 1 saturated heterocycles. The predicted molar refractivity (Wildman–Crippen MR) is 55.1 cm³/mol. The third-order valence-corrected chi connectivity index (χ3v) is 2.97. The summed E-state index contributed by atoms with van der Waals surface area (Å²) in [5.41, 5.74) is 0. The molecule has 1 aliphatic heterocycles. The zero-order valence-corrected chi connectivity index (χ0v) is 8.90. The summed E-state index contributed by atoms with van der Waals surface area (Å²) in [7, 11) is 0. The minimum atomic E-state index is 0.550. The smallest absolute Gasteiger partial charge is 0.138 e. The van der Waals surface area contributed by atoms with Gasteiger partial charge in [0, 0.05) is 25.0 Å². The zero-order valence-electron chi connectivity index (χ0n) is 8.90. The molecule has 0 aromatic carbocycles. The van der Waals surface area contributed by atoms with Crippen molar-refractivity contribution >= 4 is 0 Å². The van der Waals surface area contributed by atoms with Crippen molar-refractivity contribution in [3.8, 4) is 0 Å². The maximum absolute atomic E-state index is 4.35. The zero-order chi connectivity index (χ0) is 9.97. The van der Waals surface area contributed by atoms with Crippen LogP contribution in [0.4, 0.5) is 0 Å². The SMILES string of the molecule is CCn1ncnc1C1CCC(C)NC1. The predicted octanol–water partition coefficient (Wildman–Crippen LogP) is 1.15. The highest BCUT2D eigenvalue weighted by Gasteiger charge is 2.22. The van der Waals surface area contributed by atoms with Crippen molar-refractivity contribution in [2.24, 2.45) is 0 Å². The number of rotatable bonds is 2. The van der Waals surface area contributed by atoms with Gasteiger partial charge in [0.25, 0.3) is 0 Å². The van der Waals surface area contributed by atoms with Crippen LogP contribution in [0.1, 0.15) is 38.4 Å². The molecule has 2 unspecified atom stereocenters. The number of aromatic nitrogens is 3. The van der Waals surface area contributed by atoms with Crippen LogP contribution in [-0.4, -0.2) is 27.4 Å². The van der Waals surface area contributed by atoms with Gasteiger partial charge in [-0.2, -0.15) is 5.10 Å². The Bertz CT molecular complexity index is 286. The highest BCUT2D eigenvalue weighted by molar-refractivity contribution is 4.99. The van der Waals surface area contributed by atoms with Gasteiger partial charge >= 0.3 is 0 Å². The summed E-state index contributed by atoms with van der Waals surface area (Å²) in [5.74, 6) is 1.69. The fraction of sp³-hybridized carbons (Fsp3) is 0.800. The van der Waals surface area contributed by atoms with E-state index in [4.69, 9.17) is 0 Å². The van der Waals surface area contributed by atoms with Gasteiger partial charge in [-0.3, -0.25) is 4.68 Å². The molecular formula is C10H18N4. The number of aryl methyl sites for hydroxylation is 1. The average molecular weight is 194 g/mol. The number of piperidine rings is 1. The van der Waals surface area contributed by atoms with Gasteiger partial charge in [-0.05, 0) is 26.7 Å². The summed E-state index contributed by atoms with van der Waals surface area (Å²) in [6.07, 6.45) is 4.13. The van der Waals surface area contributed by atoms with Crippen molar-refractivity contribution in [1.82, 2.24) is 20.1 Å². The quantitative estimate of drug-likeness (QED) is 0.768. The van der Waals surface area contributed by atoms with E-state index in [1.54, 1.807) is 6.33 Å². The highest BCUT2D eigenvalue weighted by Crippen LogP contribution is 2.23. The van der Waals surface area contributed by atoms with E-state index in [1.807, 2.05) is 4.68 Å². The van der Waals surface area contributed by atoms with Gasteiger partial charge in [0.2, 0.25) is 0 Å². The highest BCUT2D eigenvalue weighted by atomic mass is 15.3. The van der Waals surface area contributed by atoms with Crippen molar-refractivity contribution in [3.63, 3.8) is 0 Å². The lowest BCUT2D eigenvalue weighted by molar-refractivity contribution is 0.365. The lowest BCUT2D eigenvalue weighted by Gasteiger charge is -2.27. The Kier molecular flexibility index (Phi) is 2.82. The van der Waals surface area contributed by atoms with Crippen molar-refractivity contribution in [3.05, 3.63) is 12.2 Å². The van der Waals surface area contributed by atoms with Crippen LogP contribution in [0, 0.1) is 0 Å². The Labute approximate surface area is 84.7 Å². The van der Waals surface area contributed by atoms with E-state index in [2.05, 4.69) is 29.2 Å². The molecule has 0 amide bonds. The molecule has 4 heteroatoms. The van der Waals surface area contributed by atoms with E-state index >= 15 is 0 Å². The first-order valence-electron chi connectivity index (χ1n) is 5.42. The molecule has 4 nitrogen and oxygen atoms in total. The van der Waals surface area contributed by atoms with E-state index in [9.17, 15) is 0 Å². The number of nitrogens with one attached hydrogen (secondary N) is 1. The number of nitrogens with zero attached hydrogens (tertiary/aromatic N) is 3. The first kappa shape index (κ1) is 9.65. The molecule has 2 heterocycles. The third kappa shape index (κ3) is 1.80. The molecule has 14 heavy (non-hydrogen) atoms. The molecule has 0 spiro atoms. The molecule has 78 valence electrons. The van der Waals surface area contributed by atoms with Crippen LogP contribution >= 0.6 is 0 Å². The lowest BCUT2D eigenvalue weighted by atomic mass is 9.95. The molecule has 1 N–H and O–H groups in total. The molecule has 0 saturated carbocycles. The van der Waals surface area contributed by atoms with Crippen LogP contribution in [0.5, 0.6) is 0 Å². The molecule has 1 aliphatic rings. The first-order chi connectivity index (χ1) is 6.81. The van der Waals surface area contributed by atoms with Gasteiger partial charge in [0.15, 0.2) is 0 Å². The Morgan fingerprint density at radius 1 is 1.57 bits per heavy atom. The van der Waals surface area contributed by atoms with Crippen LogP contribution in [0.3, 0.4) is 0 Å². The fourth-order valence-corrected chi connectivity index (χ4v) is 2.05. The first-order valence-corrected chi connectivity index (χ1v) is 5.42. The van der Waals surface area contributed by atoms with Crippen LogP contribution in [-0.2, 0) is 6.54 Å². The second kappa shape index (κ2) is 4.09. The van der Waals surface area contributed by atoms with Crippen LogP contribution < -0.4 is 5.32 Å². The van der Waals surface area contributed by atoms with Crippen LogP contribution in [0.25, 0.3) is 0 Å². The minimum absolute atomic E-state index is 0.550. The Hall–Kier alpha value is -0.900. The largest absolute Gasteiger partial charge is 0.314 e. The molecule has 0 radical (unpaired) electrons. The van der Waals surface area contributed by atoms with Crippen LogP contribution in [0.2, 0.25) is 0 Å². The van der Waals surface area contributed by atoms with Crippen molar-refractivity contribution in [1.29, 1.82) is 0 Å². The van der Waals surface area contributed by atoms with Crippen LogP contribution in [0.15, 0.2) is 6.33 Å². The monoisotopic (exact) mass is 194 g/mol. The topological polar surface area (TPSA) is 42.7 Å².